The SMILES string of the molecule is Cc1c(CCCO)c2cccc(F)c2n1C. The molecule has 0 fully saturated rings. The molecule has 16 heavy (non-hydrogen) atoms. The van der Waals surface area contributed by atoms with Gasteiger partial charge in [-0.1, -0.05) is 12.1 Å². The summed E-state index contributed by atoms with van der Waals surface area (Å²) < 4.78 is 15.6. The topological polar surface area (TPSA) is 25.2 Å². The van der Waals surface area contributed by atoms with Gasteiger partial charge in [0.2, 0.25) is 0 Å². The molecule has 0 saturated carbocycles. The molecular weight excluding hydrogens is 205 g/mol. The Kier molecular flexibility index (Phi) is 2.97. The monoisotopic (exact) mass is 221 g/mol. The summed E-state index contributed by atoms with van der Waals surface area (Å²) in [6.45, 7) is 2.16. The molecule has 0 unspecified atom stereocenters. The van der Waals surface area contributed by atoms with Crippen molar-refractivity contribution in [1.29, 1.82) is 0 Å². The molecule has 0 radical (unpaired) electrons. The molecule has 3 heteroatoms. The zero-order valence-corrected chi connectivity index (χ0v) is 9.63. The first kappa shape index (κ1) is 11.1. The van der Waals surface area contributed by atoms with Crippen LogP contribution in [0.4, 0.5) is 4.39 Å². The van der Waals surface area contributed by atoms with E-state index in [4.69, 9.17) is 5.11 Å². The molecule has 2 nitrogen and oxygen atoms in total. The van der Waals surface area contributed by atoms with Gasteiger partial charge in [-0.15, -0.1) is 0 Å². The Morgan fingerprint density at radius 3 is 2.81 bits per heavy atom. The Balaban J connectivity index is 2.64. The van der Waals surface area contributed by atoms with E-state index in [9.17, 15) is 4.39 Å². The van der Waals surface area contributed by atoms with Crippen LogP contribution in [-0.2, 0) is 13.5 Å². The summed E-state index contributed by atoms with van der Waals surface area (Å²) in [4.78, 5) is 0. The number of hydrogen-bond acceptors (Lipinski definition) is 1. The third-order valence-electron chi connectivity index (χ3n) is 3.17. The van der Waals surface area contributed by atoms with Crippen LogP contribution in [0.15, 0.2) is 18.2 Å². The van der Waals surface area contributed by atoms with E-state index in [2.05, 4.69) is 0 Å². The van der Waals surface area contributed by atoms with Gasteiger partial charge in [0.25, 0.3) is 0 Å². The number of aliphatic hydroxyl groups is 1. The molecule has 1 aromatic heterocycles. The van der Waals surface area contributed by atoms with Crippen LogP contribution < -0.4 is 0 Å². The van der Waals surface area contributed by atoms with E-state index in [1.807, 2.05) is 24.6 Å². The molecule has 0 aliphatic heterocycles. The Morgan fingerprint density at radius 1 is 1.38 bits per heavy atom. The van der Waals surface area contributed by atoms with E-state index in [1.165, 1.54) is 6.07 Å². The average Bonchev–Trinajstić information content (AvgIpc) is 2.51. The summed E-state index contributed by atoms with van der Waals surface area (Å²) in [6.07, 6.45) is 1.51. The molecule has 0 aliphatic rings. The second-order valence-corrected chi connectivity index (χ2v) is 4.09. The number of para-hydroxylation sites is 1. The van der Waals surface area contributed by atoms with Crippen LogP contribution in [-0.4, -0.2) is 16.3 Å². The molecule has 1 aromatic carbocycles. The fourth-order valence-electron chi connectivity index (χ4n) is 2.24. The second-order valence-electron chi connectivity index (χ2n) is 4.09. The highest BCUT2D eigenvalue weighted by atomic mass is 19.1. The van der Waals surface area contributed by atoms with Crippen LogP contribution in [0.25, 0.3) is 10.9 Å². The molecule has 2 rings (SSSR count). The molecule has 0 saturated heterocycles. The molecule has 86 valence electrons. The van der Waals surface area contributed by atoms with Crippen LogP contribution in [0, 0.1) is 12.7 Å². The third-order valence-corrected chi connectivity index (χ3v) is 3.17. The van der Waals surface area contributed by atoms with Crippen LogP contribution >= 0.6 is 0 Å². The molecule has 0 atom stereocenters. The number of nitrogens with zero attached hydrogens (tertiary/aromatic N) is 1. The highest BCUT2D eigenvalue weighted by Gasteiger charge is 2.13. The highest BCUT2D eigenvalue weighted by Crippen LogP contribution is 2.27. The van der Waals surface area contributed by atoms with Gasteiger partial charge in [0, 0.05) is 24.7 Å². The predicted octanol–water partition coefficient (Wildman–Crippen LogP) is 2.55. The number of halogens is 1. The number of benzene rings is 1. The van der Waals surface area contributed by atoms with Crippen molar-refractivity contribution in [2.24, 2.45) is 7.05 Å². The van der Waals surface area contributed by atoms with Gasteiger partial charge in [0.1, 0.15) is 5.82 Å². The summed E-state index contributed by atoms with van der Waals surface area (Å²) in [5.74, 6) is -0.182. The fraction of sp³-hybridized carbons (Fsp3) is 0.385. The Labute approximate surface area is 94.3 Å². The van der Waals surface area contributed by atoms with Gasteiger partial charge < -0.3 is 9.67 Å². The average molecular weight is 221 g/mol. The van der Waals surface area contributed by atoms with Gasteiger partial charge >= 0.3 is 0 Å². The largest absolute Gasteiger partial charge is 0.396 e. The Bertz CT molecular complexity index is 516. The summed E-state index contributed by atoms with van der Waals surface area (Å²) in [6, 6.07) is 5.16. The smallest absolute Gasteiger partial charge is 0.147 e. The first-order valence-electron chi connectivity index (χ1n) is 5.50. The van der Waals surface area contributed by atoms with E-state index < -0.39 is 0 Å². The summed E-state index contributed by atoms with van der Waals surface area (Å²) >= 11 is 0. The quantitative estimate of drug-likeness (QED) is 0.846. The zero-order valence-electron chi connectivity index (χ0n) is 9.63. The Morgan fingerprint density at radius 2 is 2.12 bits per heavy atom. The van der Waals surface area contributed by atoms with Crippen molar-refractivity contribution in [1.82, 2.24) is 4.57 Å². The fourth-order valence-corrected chi connectivity index (χ4v) is 2.24. The van der Waals surface area contributed by atoms with Crippen molar-refractivity contribution < 1.29 is 9.50 Å². The van der Waals surface area contributed by atoms with E-state index in [0.29, 0.717) is 5.52 Å². The molecule has 1 N–H and O–H groups in total. The number of aryl methyl sites for hydroxylation is 2. The standard InChI is InChI=1S/C13H16FNO/c1-9-10(6-4-8-16)11-5-3-7-12(14)13(11)15(9)2/h3,5,7,16H,4,6,8H2,1-2H3. The maximum atomic E-state index is 13.7. The molecular formula is C13H16FNO. The first-order valence-corrected chi connectivity index (χ1v) is 5.50. The lowest BCUT2D eigenvalue weighted by Crippen LogP contribution is -1.95. The lowest BCUT2D eigenvalue weighted by molar-refractivity contribution is 0.288. The number of aliphatic hydroxyl groups excluding tert-OH is 1. The number of hydrogen-bond donors (Lipinski definition) is 1. The highest BCUT2D eigenvalue weighted by molar-refractivity contribution is 5.86. The predicted molar refractivity (Wildman–Crippen MR) is 63.0 cm³/mol. The summed E-state index contributed by atoms with van der Waals surface area (Å²) in [7, 11) is 1.88. The number of rotatable bonds is 3. The third kappa shape index (κ3) is 1.61. The van der Waals surface area contributed by atoms with Gasteiger partial charge in [-0.05, 0) is 31.4 Å². The number of aromatic nitrogens is 1. The lowest BCUT2D eigenvalue weighted by atomic mass is 10.1. The Hall–Kier alpha value is -1.35. The molecule has 0 spiro atoms. The minimum Gasteiger partial charge on any atom is -0.396 e. The van der Waals surface area contributed by atoms with Crippen LogP contribution in [0.1, 0.15) is 17.7 Å². The zero-order chi connectivity index (χ0) is 11.7. The van der Waals surface area contributed by atoms with Crippen molar-refractivity contribution in [3.8, 4) is 0 Å². The molecule has 0 bridgehead atoms. The van der Waals surface area contributed by atoms with Gasteiger partial charge in [0.05, 0.1) is 5.52 Å². The van der Waals surface area contributed by atoms with E-state index in [-0.39, 0.29) is 12.4 Å². The summed E-state index contributed by atoms with van der Waals surface area (Å²) in [5, 5.41) is 9.84. The molecule has 0 aliphatic carbocycles. The van der Waals surface area contributed by atoms with Gasteiger partial charge in [0.15, 0.2) is 0 Å². The summed E-state index contributed by atoms with van der Waals surface area (Å²) in [5.41, 5.74) is 2.88. The minimum atomic E-state index is -0.182. The molecule has 2 aromatic rings. The van der Waals surface area contributed by atoms with E-state index in [1.54, 1.807) is 6.07 Å². The lowest BCUT2D eigenvalue weighted by Gasteiger charge is -2.00. The van der Waals surface area contributed by atoms with Gasteiger partial charge in [-0.2, -0.15) is 0 Å². The van der Waals surface area contributed by atoms with Crippen LogP contribution in [0.2, 0.25) is 0 Å². The van der Waals surface area contributed by atoms with E-state index in [0.717, 1.165) is 29.5 Å². The number of fused-ring (bicyclic) bond motifs is 1. The first-order chi connectivity index (χ1) is 7.66. The minimum absolute atomic E-state index is 0.172. The van der Waals surface area contributed by atoms with Crippen molar-refractivity contribution >= 4 is 10.9 Å². The molecule has 1 heterocycles. The normalized spacial score (nSPS) is 11.2. The van der Waals surface area contributed by atoms with Crippen LogP contribution in [0.5, 0.6) is 0 Å². The maximum absolute atomic E-state index is 13.7. The second kappa shape index (κ2) is 4.26. The van der Waals surface area contributed by atoms with Crippen molar-refractivity contribution in [2.45, 2.75) is 19.8 Å². The van der Waals surface area contributed by atoms with Crippen molar-refractivity contribution in [3.05, 3.63) is 35.3 Å². The van der Waals surface area contributed by atoms with Gasteiger partial charge in [-0.3, -0.25) is 0 Å². The van der Waals surface area contributed by atoms with Gasteiger partial charge in [-0.25, -0.2) is 4.39 Å². The van der Waals surface area contributed by atoms with Crippen LogP contribution in [0.3, 0.4) is 0 Å². The van der Waals surface area contributed by atoms with E-state index >= 15 is 0 Å². The maximum Gasteiger partial charge on any atom is 0.147 e. The van der Waals surface area contributed by atoms with Crippen molar-refractivity contribution in [2.75, 3.05) is 6.61 Å². The molecule has 0 amide bonds. The van der Waals surface area contributed by atoms with Crippen molar-refractivity contribution in [3.63, 3.8) is 0 Å².